The first kappa shape index (κ1) is 14.6. The summed E-state index contributed by atoms with van der Waals surface area (Å²) in [5, 5.41) is 4.22. The Morgan fingerprint density at radius 3 is 2.30 bits per heavy atom. The second kappa shape index (κ2) is 5.28. The second-order valence-corrected chi connectivity index (χ2v) is 4.68. The standard InChI is InChI=1S/C13H10ClF3N2O/c1-6-8(13(14)19(2)18-6)5-11(20)12-9(16)3-7(15)4-10(12)17/h3-4H,5H2,1-2H3. The van der Waals surface area contributed by atoms with Crippen LogP contribution in [-0.2, 0) is 13.5 Å². The van der Waals surface area contributed by atoms with Crippen LogP contribution in [0, 0.1) is 24.4 Å². The van der Waals surface area contributed by atoms with Crippen molar-refractivity contribution in [2.45, 2.75) is 13.3 Å². The van der Waals surface area contributed by atoms with Gasteiger partial charge in [0.2, 0.25) is 0 Å². The molecule has 2 rings (SSSR count). The van der Waals surface area contributed by atoms with Crippen LogP contribution < -0.4 is 0 Å². The van der Waals surface area contributed by atoms with E-state index < -0.39 is 28.8 Å². The Morgan fingerprint density at radius 2 is 1.85 bits per heavy atom. The molecule has 106 valence electrons. The molecule has 0 N–H and O–H groups in total. The Morgan fingerprint density at radius 1 is 1.30 bits per heavy atom. The summed E-state index contributed by atoms with van der Waals surface area (Å²) in [5.41, 5.74) is 0.113. The van der Waals surface area contributed by atoms with Gasteiger partial charge in [0.15, 0.2) is 5.78 Å². The van der Waals surface area contributed by atoms with Crippen molar-refractivity contribution in [1.82, 2.24) is 9.78 Å². The molecule has 1 aromatic heterocycles. The van der Waals surface area contributed by atoms with E-state index in [2.05, 4.69) is 5.10 Å². The molecule has 0 radical (unpaired) electrons. The van der Waals surface area contributed by atoms with Gasteiger partial charge in [-0.3, -0.25) is 9.48 Å². The van der Waals surface area contributed by atoms with E-state index in [1.165, 1.54) is 4.68 Å². The molecule has 0 saturated heterocycles. The van der Waals surface area contributed by atoms with Gasteiger partial charge < -0.3 is 0 Å². The molecule has 20 heavy (non-hydrogen) atoms. The quantitative estimate of drug-likeness (QED) is 0.816. The van der Waals surface area contributed by atoms with Gasteiger partial charge in [0.25, 0.3) is 0 Å². The van der Waals surface area contributed by atoms with E-state index in [-0.39, 0.29) is 11.6 Å². The van der Waals surface area contributed by atoms with Crippen LogP contribution in [0.25, 0.3) is 0 Å². The number of carbonyl (C=O) groups is 1. The third-order valence-electron chi connectivity index (χ3n) is 2.89. The van der Waals surface area contributed by atoms with Gasteiger partial charge in [0, 0.05) is 31.2 Å². The van der Waals surface area contributed by atoms with Crippen LogP contribution >= 0.6 is 11.6 Å². The number of ketones is 1. The second-order valence-electron chi connectivity index (χ2n) is 4.32. The first-order chi connectivity index (χ1) is 9.31. The lowest BCUT2D eigenvalue weighted by molar-refractivity contribution is 0.0984. The van der Waals surface area contributed by atoms with Crippen LogP contribution in [0.5, 0.6) is 0 Å². The monoisotopic (exact) mass is 302 g/mol. The zero-order chi connectivity index (χ0) is 15.0. The van der Waals surface area contributed by atoms with Gasteiger partial charge in [-0.15, -0.1) is 0 Å². The topological polar surface area (TPSA) is 34.9 Å². The fourth-order valence-electron chi connectivity index (χ4n) is 1.93. The molecule has 0 saturated carbocycles. The predicted octanol–water partition coefficient (Wildman–Crippen LogP) is 3.22. The van der Waals surface area contributed by atoms with Crippen LogP contribution in [0.1, 0.15) is 21.6 Å². The highest BCUT2D eigenvalue weighted by molar-refractivity contribution is 6.30. The van der Waals surface area contributed by atoms with Gasteiger partial charge in [-0.2, -0.15) is 5.10 Å². The fourth-order valence-corrected chi connectivity index (χ4v) is 2.17. The number of aryl methyl sites for hydroxylation is 2. The summed E-state index contributed by atoms with van der Waals surface area (Å²) in [4.78, 5) is 12.0. The summed E-state index contributed by atoms with van der Waals surface area (Å²) in [5.74, 6) is -4.36. The minimum atomic E-state index is -1.23. The normalized spacial score (nSPS) is 10.9. The average Bonchev–Trinajstić information content (AvgIpc) is 2.54. The number of hydrogen-bond donors (Lipinski definition) is 0. The smallest absolute Gasteiger partial charge is 0.173 e. The first-order valence-electron chi connectivity index (χ1n) is 5.67. The third-order valence-corrected chi connectivity index (χ3v) is 3.37. The van der Waals surface area contributed by atoms with E-state index in [0.29, 0.717) is 23.4 Å². The maximum Gasteiger partial charge on any atom is 0.173 e. The summed E-state index contributed by atoms with van der Waals surface area (Å²) in [7, 11) is 1.59. The van der Waals surface area contributed by atoms with Crippen molar-refractivity contribution in [2.75, 3.05) is 0 Å². The lowest BCUT2D eigenvalue weighted by Gasteiger charge is -2.05. The molecule has 1 aromatic carbocycles. The Hall–Kier alpha value is -1.82. The molecule has 3 nitrogen and oxygen atoms in total. The van der Waals surface area contributed by atoms with Crippen molar-refractivity contribution < 1.29 is 18.0 Å². The molecule has 0 spiro atoms. The number of aromatic nitrogens is 2. The SMILES string of the molecule is Cc1nn(C)c(Cl)c1CC(=O)c1c(F)cc(F)cc1F. The Labute approximate surface area is 118 Å². The Bertz CT molecular complexity index is 674. The maximum atomic E-state index is 13.5. The molecular formula is C13H10ClF3N2O. The van der Waals surface area contributed by atoms with Gasteiger partial charge in [-0.05, 0) is 6.92 Å². The highest BCUT2D eigenvalue weighted by atomic mass is 35.5. The van der Waals surface area contributed by atoms with Crippen molar-refractivity contribution in [3.05, 3.63) is 51.6 Å². The summed E-state index contributed by atoms with van der Waals surface area (Å²) < 4.78 is 41.2. The molecule has 2 aromatic rings. The number of carbonyl (C=O) groups excluding carboxylic acids is 1. The van der Waals surface area contributed by atoms with Crippen LogP contribution in [0.3, 0.4) is 0 Å². The highest BCUT2D eigenvalue weighted by Crippen LogP contribution is 2.23. The van der Waals surface area contributed by atoms with Crippen molar-refractivity contribution in [3.63, 3.8) is 0 Å². The zero-order valence-electron chi connectivity index (χ0n) is 10.7. The summed E-state index contributed by atoms with van der Waals surface area (Å²) in [6.07, 6.45) is -0.308. The lowest BCUT2D eigenvalue weighted by atomic mass is 10.0. The van der Waals surface area contributed by atoms with E-state index in [1.54, 1.807) is 14.0 Å². The number of rotatable bonds is 3. The van der Waals surface area contributed by atoms with Crippen molar-refractivity contribution in [1.29, 1.82) is 0 Å². The van der Waals surface area contributed by atoms with Gasteiger partial charge in [0.05, 0.1) is 11.3 Å². The highest BCUT2D eigenvalue weighted by Gasteiger charge is 2.22. The van der Waals surface area contributed by atoms with Crippen LogP contribution in [-0.4, -0.2) is 15.6 Å². The molecule has 0 fully saturated rings. The Kier molecular flexibility index (Phi) is 3.85. The van der Waals surface area contributed by atoms with Crippen LogP contribution in [0.15, 0.2) is 12.1 Å². The van der Waals surface area contributed by atoms with E-state index in [1.807, 2.05) is 0 Å². The van der Waals surface area contributed by atoms with Gasteiger partial charge in [-0.25, -0.2) is 13.2 Å². The molecule has 7 heteroatoms. The first-order valence-corrected chi connectivity index (χ1v) is 6.04. The van der Waals surface area contributed by atoms with Crippen molar-refractivity contribution in [3.8, 4) is 0 Å². The van der Waals surface area contributed by atoms with E-state index in [9.17, 15) is 18.0 Å². The predicted molar refractivity (Wildman–Crippen MR) is 67.3 cm³/mol. The number of hydrogen-bond acceptors (Lipinski definition) is 2. The summed E-state index contributed by atoms with van der Waals surface area (Å²) in [6, 6.07) is 0.933. The third kappa shape index (κ3) is 2.56. The van der Waals surface area contributed by atoms with Gasteiger partial charge in [0.1, 0.15) is 22.6 Å². The van der Waals surface area contributed by atoms with Crippen molar-refractivity contribution in [2.24, 2.45) is 7.05 Å². The van der Waals surface area contributed by atoms with E-state index in [0.717, 1.165) is 0 Å². The number of benzene rings is 1. The van der Waals surface area contributed by atoms with Crippen LogP contribution in [0.4, 0.5) is 13.2 Å². The minimum Gasteiger partial charge on any atom is -0.294 e. The van der Waals surface area contributed by atoms with E-state index >= 15 is 0 Å². The number of nitrogens with zero attached hydrogens (tertiary/aromatic N) is 2. The number of halogens is 4. The Balaban J connectivity index is 2.38. The molecule has 1 heterocycles. The molecule has 0 bridgehead atoms. The maximum absolute atomic E-state index is 13.5. The summed E-state index contributed by atoms with van der Waals surface area (Å²) in [6.45, 7) is 1.63. The average molecular weight is 303 g/mol. The van der Waals surface area contributed by atoms with E-state index in [4.69, 9.17) is 11.6 Å². The molecule has 0 aliphatic heterocycles. The van der Waals surface area contributed by atoms with Gasteiger partial charge in [-0.1, -0.05) is 11.6 Å². The molecule has 0 amide bonds. The fraction of sp³-hybridized carbons (Fsp3) is 0.231. The molecule has 0 atom stereocenters. The minimum absolute atomic E-state index is 0.221. The van der Waals surface area contributed by atoms with Gasteiger partial charge >= 0.3 is 0 Å². The summed E-state index contributed by atoms with van der Waals surface area (Å²) >= 11 is 5.95. The van der Waals surface area contributed by atoms with Crippen molar-refractivity contribution >= 4 is 17.4 Å². The number of Topliss-reactive ketones (excluding diaryl/α,β-unsaturated/α-hetero) is 1. The zero-order valence-corrected chi connectivity index (χ0v) is 11.4. The largest absolute Gasteiger partial charge is 0.294 e. The molecule has 0 aliphatic rings. The van der Waals surface area contributed by atoms with Crippen LogP contribution in [0.2, 0.25) is 5.15 Å². The molecule has 0 unspecified atom stereocenters. The molecule has 0 aliphatic carbocycles. The lowest BCUT2D eigenvalue weighted by Crippen LogP contribution is -2.10. The molecular weight excluding hydrogens is 293 g/mol.